The second kappa shape index (κ2) is 18.3. The van der Waals surface area contributed by atoms with Crippen LogP contribution in [-0.4, -0.2) is 53.7 Å². The van der Waals surface area contributed by atoms with Crippen molar-refractivity contribution >= 4 is 34.9 Å². The van der Waals surface area contributed by atoms with Crippen molar-refractivity contribution in [1.29, 1.82) is 0 Å². The van der Waals surface area contributed by atoms with Crippen LogP contribution in [0.25, 0.3) is 0 Å². The molecule has 2 amide bonds. The molecular formula is C37H41FN4O6S. The number of carbonyl (C=O) groups excluding carboxylic acids is 2. The number of nitrogens with zero attached hydrogens (tertiary/aromatic N) is 2. The molecule has 1 unspecified atom stereocenters. The van der Waals surface area contributed by atoms with Gasteiger partial charge in [-0.1, -0.05) is 62.5 Å². The van der Waals surface area contributed by atoms with Gasteiger partial charge in [0.25, 0.3) is 5.91 Å². The predicted molar refractivity (Wildman–Crippen MR) is 190 cm³/mol. The van der Waals surface area contributed by atoms with Crippen molar-refractivity contribution in [3.05, 3.63) is 114 Å². The van der Waals surface area contributed by atoms with E-state index in [0.29, 0.717) is 36.6 Å². The molecule has 4 rings (SSSR count). The molecule has 2 heterocycles. The van der Waals surface area contributed by atoms with Gasteiger partial charge in [-0.15, -0.1) is 6.58 Å². The highest BCUT2D eigenvalue weighted by molar-refractivity contribution is 7.81. The number of benzene rings is 2. The molecule has 1 aromatic heterocycles. The zero-order valence-electron chi connectivity index (χ0n) is 27.7. The zero-order chi connectivity index (χ0) is 35.2. The number of aromatic nitrogens is 1. The molecule has 1 aliphatic rings. The minimum atomic E-state index is -0.765. The number of halogens is 1. The number of anilines is 1. The van der Waals surface area contributed by atoms with Gasteiger partial charge < -0.3 is 29.6 Å². The number of ether oxygens (including phenoxy) is 4. The summed E-state index contributed by atoms with van der Waals surface area (Å²) in [5.74, 6) is -0.497. The molecule has 0 radical (unpaired) electrons. The summed E-state index contributed by atoms with van der Waals surface area (Å²) in [5, 5.41) is 6.37. The molecular weight excluding hydrogens is 647 g/mol. The topological polar surface area (TPSA) is 111 Å². The van der Waals surface area contributed by atoms with E-state index in [1.54, 1.807) is 30.6 Å². The highest BCUT2D eigenvalue weighted by Crippen LogP contribution is 2.32. The zero-order valence-corrected chi connectivity index (χ0v) is 28.5. The Labute approximate surface area is 291 Å². The number of para-hydroxylation sites is 1. The Balaban J connectivity index is 1.65. The summed E-state index contributed by atoms with van der Waals surface area (Å²) in [4.78, 5) is 32.5. The summed E-state index contributed by atoms with van der Waals surface area (Å²) in [6.45, 7) is 10.6. The lowest BCUT2D eigenvalue weighted by Crippen LogP contribution is -2.49. The third-order valence-electron chi connectivity index (χ3n) is 7.58. The number of thiocarbonyl (C=S) groups is 1. The van der Waals surface area contributed by atoms with Crippen LogP contribution in [0.5, 0.6) is 17.2 Å². The SMILES string of the molecule is C=CCOc1cccc(COc2cnccc2CNC2=C(C(=S)Nc3cccc(F)c3OC)C(=O)N(C(=O)OCCCC)CC2CC=C)c1. The molecule has 2 aromatic carbocycles. The maximum Gasteiger partial charge on any atom is 0.416 e. The number of hydrogen-bond acceptors (Lipinski definition) is 9. The molecule has 0 aliphatic carbocycles. The van der Waals surface area contributed by atoms with Crippen molar-refractivity contribution in [2.45, 2.75) is 39.3 Å². The number of methoxy groups -OCH3 is 1. The lowest BCUT2D eigenvalue weighted by Gasteiger charge is -2.35. The van der Waals surface area contributed by atoms with E-state index in [-0.39, 0.29) is 48.3 Å². The van der Waals surface area contributed by atoms with E-state index in [0.717, 1.165) is 22.4 Å². The van der Waals surface area contributed by atoms with Gasteiger partial charge in [0.2, 0.25) is 0 Å². The summed E-state index contributed by atoms with van der Waals surface area (Å²) in [7, 11) is 1.33. The number of hydrogen-bond donors (Lipinski definition) is 2. The normalized spacial score (nSPS) is 14.1. The minimum Gasteiger partial charge on any atom is -0.492 e. The molecule has 0 saturated heterocycles. The summed E-state index contributed by atoms with van der Waals surface area (Å²) < 4.78 is 37.0. The molecule has 49 heavy (non-hydrogen) atoms. The van der Waals surface area contributed by atoms with E-state index >= 15 is 0 Å². The van der Waals surface area contributed by atoms with Crippen molar-refractivity contribution < 1.29 is 32.9 Å². The Morgan fingerprint density at radius 1 is 1.16 bits per heavy atom. The fourth-order valence-electron chi connectivity index (χ4n) is 5.15. The third-order valence-corrected chi connectivity index (χ3v) is 7.89. The van der Waals surface area contributed by atoms with Gasteiger partial charge in [-0.25, -0.2) is 14.1 Å². The Hall–Kier alpha value is -5.23. The lowest BCUT2D eigenvalue weighted by molar-refractivity contribution is -0.126. The number of rotatable bonds is 17. The van der Waals surface area contributed by atoms with E-state index in [2.05, 4.69) is 28.8 Å². The van der Waals surface area contributed by atoms with Gasteiger partial charge in [0.05, 0.1) is 31.2 Å². The smallest absolute Gasteiger partial charge is 0.416 e. The van der Waals surface area contributed by atoms with Crippen molar-refractivity contribution in [3.8, 4) is 17.2 Å². The van der Waals surface area contributed by atoms with Crippen molar-refractivity contribution in [2.24, 2.45) is 5.92 Å². The molecule has 12 heteroatoms. The van der Waals surface area contributed by atoms with Gasteiger partial charge in [0.15, 0.2) is 11.6 Å². The number of carbonyl (C=O) groups is 2. The average Bonchev–Trinajstić information content (AvgIpc) is 3.10. The molecule has 0 spiro atoms. The molecule has 1 atom stereocenters. The Morgan fingerprint density at radius 2 is 1.98 bits per heavy atom. The first-order valence-corrected chi connectivity index (χ1v) is 16.3. The number of pyridine rings is 1. The Morgan fingerprint density at radius 3 is 2.73 bits per heavy atom. The Kier molecular flexibility index (Phi) is 13.7. The highest BCUT2D eigenvalue weighted by Gasteiger charge is 2.39. The molecule has 1 aliphatic heterocycles. The van der Waals surface area contributed by atoms with Crippen LogP contribution in [-0.2, 0) is 22.7 Å². The maximum atomic E-state index is 14.6. The monoisotopic (exact) mass is 688 g/mol. The van der Waals surface area contributed by atoms with E-state index in [4.69, 9.17) is 31.2 Å². The number of unbranched alkanes of at least 4 members (excludes halogenated alkanes) is 1. The first-order chi connectivity index (χ1) is 23.8. The van der Waals surface area contributed by atoms with E-state index in [9.17, 15) is 14.0 Å². The molecule has 10 nitrogen and oxygen atoms in total. The standard InChI is InChI=1S/C37H41FN4O6S/c1-5-8-19-47-37(44)42-23-27(11-6-2)33(32(36(42)43)35(49)41-30-15-10-14-29(38)34(30)45-4)40-21-26-16-17-39-22-31(26)48-24-25-12-9-13-28(20-25)46-18-7-3/h6-7,9-10,12-17,20,22,27,40H,2-3,5,8,11,18-19,21,23-24H2,1,4H3,(H,41,49). The lowest BCUT2D eigenvalue weighted by atomic mass is 9.91. The summed E-state index contributed by atoms with van der Waals surface area (Å²) in [6, 6.07) is 13.7. The van der Waals surface area contributed by atoms with Crippen LogP contribution in [0.4, 0.5) is 14.9 Å². The summed E-state index contributed by atoms with van der Waals surface area (Å²) in [6.07, 6.45) is 7.77. The fourth-order valence-corrected chi connectivity index (χ4v) is 5.46. The molecule has 0 fully saturated rings. The average molecular weight is 689 g/mol. The predicted octanol–water partition coefficient (Wildman–Crippen LogP) is 7.13. The van der Waals surface area contributed by atoms with Gasteiger partial charge in [-0.2, -0.15) is 0 Å². The van der Waals surface area contributed by atoms with Crippen LogP contribution in [0.1, 0.15) is 37.3 Å². The van der Waals surface area contributed by atoms with Crippen LogP contribution in [0, 0.1) is 11.7 Å². The molecule has 0 bridgehead atoms. The van der Waals surface area contributed by atoms with Gasteiger partial charge in [0.1, 0.15) is 29.7 Å². The number of allylic oxidation sites excluding steroid dienone is 1. The van der Waals surface area contributed by atoms with Crippen molar-refractivity contribution in [3.63, 3.8) is 0 Å². The van der Waals surface area contributed by atoms with E-state index < -0.39 is 23.7 Å². The minimum absolute atomic E-state index is 0.0266. The van der Waals surface area contributed by atoms with Crippen molar-refractivity contribution in [1.82, 2.24) is 15.2 Å². The van der Waals surface area contributed by atoms with E-state index in [1.807, 2.05) is 37.3 Å². The van der Waals surface area contributed by atoms with Gasteiger partial charge >= 0.3 is 6.09 Å². The molecule has 3 aromatic rings. The summed E-state index contributed by atoms with van der Waals surface area (Å²) >= 11 is 5.77. The van der Waals surface area contributed by atoms with Gasteiger partial charge in [0, 0.05) is 36.5 Å². The van der Waals surface area contributed by atoms with Crippen molar-refractivity contribution in [2.75, 3.05) is 32.2 Å². The first kappa shape index (κ1) is 36.6. The third kappa shape index (κ3) is 9.66. The molecule has 0 saturated carbocycles. The van der Waals surface area contributed by atoms with Gasteiger partial charge in [-0.3, -0.25) is 9.78 Å². The van der Waals surface area contributed by atoms with E-state index in [1.165, 1.54) is 19.2 Å². The number of imide groups is 1. The van der Waals surface area contributed by atoms with Crippen LogP contribution in [0.15, 0.2) is 97.5 Å². The van der Waals surface area contributed by atoms with Crippen LogP contribution >= 0.6 is 12.2 Å². The maximum absolute atomic E-state index is 14.6. The largest absolute Gasteiger partial charge is 0.492 e. The fraction of sp³-hybridized carbons (Fsp3) is 0.297. The second-order valence-electron chi connectivity index (χ2n) is 11.0. The van der Waals surface area contributed by atoms with Gasteiger partial charge in [-0.05, 0) is 48.7 Å². The molecule has 258 valence electrons. The molecule has 2 N–H and O–H groups in total. The van der Waals surface area contributed by atoms with Crippen LogP contribution < -0.4 is 24.8 Å². The number of amides is 2. The quantitative estimate of drug-likeness (QED) is 0.0864. The first-order valence-electron chi connectivity index (χ1n) is 15.9. The second-order valence-corrected chi connectivity index (χ2v) is 11.4. The highest BCUT2D eigenvalue weighted by atomic mass is 32.1. The van der Waals surface area contributed by atoms with Crippen LogP contribution in [0.2, 0.25) is 0 Å². The summed E-state index contributed by atoms with van der Waals surface area (Å²) in [5.41, 5.74) is 2.41. The van der Waals surface area contributed by atoms with Crippen LogP contribution in [0.3, 0.4) is 0 Å². The Bertz CT molecular complexity index is 1700. The number of nitrogens with one attached hydrogen (secondary N) is 2.